The van der Waals surface area contributed by atoms with Gasteiger partial charge in [-0.2, -0.15) is 0 Å². The van der Waals surface area contributed by atoms with Crippen molar-refractivity contribution in [3.63, 3.8) is 0 Å². The Morgan fingerprint density at radius 1 is 1.31 bits per heavy atom. The van der Waals surface area contributed by atoms with E-state index in [1.807, 2.05) is 18.7 Å². The molecule has 0 amide bonds. The van der Waals surface area contributed by atoms with Gasteiger partial charge in [0.2, 0.25) is 0 Å². The Bertz CT molecular complexity index is 369. The highest BCUT2D eigenvalue weighted by Gasteiger charge is 2.01. The first-order chi connectivity index (χ1) is 7.69. The molecule has 0 unspecified atom stereocenters. The van der Waals surface area contributed by atoms with Crippen molar-refractivity contribution in [3.8, 4) is 0 Å². The summed E-state index contributed by atoms with van der Waals surface area (Å²) in [6, 6.07) is 0. The van der Waals surface area contributed by atoms with E-state index in [-0.39, 0.29) is 0 Å². The van der Waals surface area contributed by atoms with Crippen molar-refractivity contribution in [2.75, 3.05) is 0 Å². The van der Waals surface area contributed by atoms with E-state index in [9.17, 15) is 0 Å². The van der Waals surface area contributed by atoms with Crippen LogP contribution >= 0.6 is 0 Å². The third-order valence-electron chi connectivity index (χ3n) is 2.71. The molecule has 88 valence electrons. The van der Waals surface area contributed by atoms with Crippen molar-refractivity contribution >= 4 is 5.70 Å². The van der Waals surface area contributed by atoms with Crippen LogP contribution in [0.3, 0.4) is 0 Å². The van der Waals surface area contributed by atoms with Gasteiger partial charge in [-0.05, 0) is 32.3 Å². The molecule has 2 nitrogen and oxygen atoms in total. The monoisotopic (exact) mass is 218 g/mol. The Morgan fingerprint density at radius 2 is 2.06 bits per heavy atom. The first-order valence-electron chi connectivity index (χ1n) is 6.04. The van der Waals surface area contributed by atoms with E-state index >= 15 is 0 Å². The number of imidazole rings is 1. The second kappa shape index (κ2) is 6.31. The van der Waals surface area contributed by atoms with Crippen molar-refractivity contribution in [1.82, 2.24) is 9.55 Å². The van der Waals surface area contributed by atoms with Crippen molar-refractivity contribution in [3.05, 3.63) is 35.9 Å². The van der Waals surface area contributed by atoms with E-state index in [0.29, 0.717) is 0 Å². The van der Waals surface area contributed by atoms with E-state index in [1.165, 1.54) is 29.7 Å². The summed E-state index contributed by atoms with van der Waals surface area (Å²) in [6.45, 7) is 8.78. The Kier molecular flexibility index (Phi) is 5.03. The molecular formula is C14H22N2. The Morgan fingerprint density at radius 3 is 2.56 bits per heavy atom. The SMILES string of the molecule is CCC/C(C)=C\C(C)=C(/CC)n1ccnc1. The maximum Gasteiger partial charge on any atom is 0.0989 e. The van der Waals surface area contributed by atoms with Crippen LogP contribution < -0.4 is 0 Å². The number of nitrogens with zero attached hydrogens (tertiary/aromatic N) is 2. The summed E-state index contributed by atoms with van der Waals surface area (Å²) < 4.78 is 2.10. The van der Waals surface area contributed by atoms with Crippen LogP contribution in [0.15, 0.2) is 35.9 Å². The highest BCUT2D eigenvalue weighted by molar-refractivity contribution is 5.53. The molecule has 0 aromatic carbocycles. The van der Waals surface area contributed by atoms with Crippen LogP contribution in [0.1, 0.15) is 47.0 Å². The molecule has 0 aliphatic rings. The third-order valence-corrected chi connectivity index (χ3v) is 2.71. The van der Waals surface area contributed by atoms with Crippen molar-refractivity contribution in [1.29, 1.82) is 0 Å². The quantitative estimate of drug-likeness (QED) is 0.675. The molecule has 1 aromatic heterocycles. The van der Waals surface area contributed by atoms with Gasteiger partial charge in [-0.3, -0.25) is 0 Å². The average molecular weight is 218 g/mol. The first-order valence-corrected chi connectivity index (χ1v) is 6.04. The maximum absolute atomic E-state index is 4.10. The lowest BCUT2D eigenvalue weighted by Crippen LogP contribution is -1.95. The minimum Gasteiger partial charge on any atom is -0.310 e. The van der Waals surface area contributed by atoms with E-state index in [4.69, 9.17) is 0 Å². The molecule has 0 fully saturated rings. The zero-order chi connectivity index (χ0) is 12.0. The molecule has 0 saturated heterocycles. The fourth-order valence-corrected chi connectivity index (χ4v) is 2.00. The summed E-state index contributed by atoms with van der Waals surface area (Å²) >= 11 is 0. The van der Waals surface area contributed by atoms with Gasteiger partial charge in [-0.25, -0.2) is 4.98 Å². The van der Waals surface area contributed by atoms with Crippen LogP contribution in [-0.4, -0.2) is 9.55 Å². The summed E-state index contributed by atoms with van der Waals surface area (Å²) in [6.07, 6.45) is 11.4. The lowest BCUT2D eigenvalue weighted by Gasteiger charge is -2.09. The van der Waals surface area contributed by atoms with E-state index in [2.05, 4.69) is 43.3 Å². The lowest BCUT2D eigenvalue weighted by atomic mass is 10.1. The second-order valence-electron chi connectivity index (χ2n) is 4.19. The topological polar surface area (TPSA) is 17.8 Å². The Balaban J connectivity index is 2.96. The minimum absolute atomic E-state index is 1.03. The normalized spacial score (nSPS) is 13.9. The predicted octanol–water partition coefficient (Wildman–Crippen LogP) is 4.27. The summed E-state index contributed by atoms with van der Waals surface area (Å²) in [5, 5.41) is 0. The van der Waals surface area contributed by atoms with Crippen LogP contribution in [0.2, 0.25) is 0 Å². The summed E-state index contributed by atoms with van der Waals surface area (Å²) in [5.41, 5.74) is 4.12. The lowest BCUT2D eigenvalue weighted by molar-refractivity contribution is 0.902. The number of allylic oxidation sites excluding steroid dienone is 4. The van der Waals surface area contributed by atoms with E-state index in [0.717, 1.165) is 6.42 Å². The summed E-state index contributed by atoms with van der Waals surface area (Å²) in [5.74, 6) is 0. The van der Waals surface area contributed by atoms with Crippen LogP contribution in [0, 0.1) is 0 Å². The fraction of sp³-hybridized carbons (Fsp3) is 0.500. The molecule has 0 radical (unpaired) electrons. The summed E-state index contributed by atoms with van der Waals surface area (Å²) in [7, 11) is 0. The van der Waals surface area contributed by atoms with E-state index in [1.54, 1.807) is 0 Å². The molecule has 2 heteroatoms. The zero-order valence-corrected chi connectivity index (χ0v) is 10.8. The maximum atomic E-state index is 4.10. The zero-order valence-electron chi connectivity index (χ0n) is 10.8. The van der Waals surface area contributed by atoms with Gasteiger partial charge >= 0.3 is 0 Å². The molecule has 0 saturated carbocycles. The van der Waals surface area contributed by atoms with Gasteiger partial charge in [0.1, 0.15) is 0 Å². The molecule has 0 bridgehead atoms. The highest BCUT2D eigenvalue weighted by atomic mass is 15.0. The van der Waals surface area contributed by atoms with Gasteiger partial charge in [0.25, 0.3) is 0 Å². The molecule has 0 aliphatic carbocycles. The smallest absolute Gasteiger partial charge is 0.0989 e. The number of hydrogen-bond acceptors (Lipinski definition) is 1. The van der Waals surface area contributed by atoms with E-state index < -0.39 is 0 Å². The largest absolute Gasteiger partial charge is 0.310 e. The Labute approximate surface area is 98.7 Å². The predicted molar refractivity (Wildman–Crippen MR) is 70.1 cm³/mol. The van der Waals surface area contributed by atoms with Gasteiger partial charge in [0.15, 0.2) is 0 Å². The minimum atomic E-state index is 1.03. The van der Waals surface area contributed by atoms with Gasteiger partial charge < -0.3 is 4.57 Å². The molecule has 0 atom stereocenters. The molecule has 1 heterocycles. The van der Waals surface area contributed by atoms with Crippen LogP contribution in [-0.2, 0) is 0 Å². The van der Waals surface area contributed by atoms with Crippen LogP contribution in [0.5, 0.6) is 0 Å². The molecule has 0 N–H and O–H groups in total. The molecule has 0 aliphatic heterocycles. The number of hydrogen-bond donors (Lipinski definition) is 0. The fourth-order valence-electron chi connectivity index (χ4n) is 2.00. The van der Waals surface area contributed by atoms with Gasteiger partial charge in [-0.15, -0.1) is 0 Å². The van der Waals surface area contributed by atoms with Gasteiger partial charge in [0.05, 0.1) is 6.33 Å². The molecule has 1 rings (SSSR count). The molecule has 1 aromatic rings. The molecule has 0 spiro atoms. The summed E-state index contributed by atoms with van der Waals surface area (Å²) in [4.78, 5) is 4.10. The van der Waals surface area contributed by atoms with Gasteiger partial charge in [0, 0.05) is 18.1 Å². The standard InChI is InChI=1S/C14H22N2/c1-5-7-12(3)10-13(4)14(6-2)16-9-8-15-11-16/h8-11H,5-7H2,1-4H3/b12-10-,14-13+. The van der Waals surface area contributed by atoms with Crippen LogP contribution in [0.4, 0.5) is 0 Å². The second-order valence-corrected chi connectivity index (χ2v) is 4.19. The average Bonchev–Trinajstić information content (AvgIpc) is 2.72. The molecule has 16 heavy (non-hydrogen) atoms. The van der Waals surface area contributed by atoms with Gasteiger partial charge in [-0.1, -0.05) is 31.9 Å². The Hall–Kier alpha value is -1.31. The number of aromatic nitrogens is 2. The van der Waals surface area contributed by atoms with Crippen molar-refractivity contribution in [2.45, 2.75) is 47.0 Å². The van der Waals surface area contributed by atoms with Crippen LogP contribution in [0.25, 0.3) is 5.70 Å². The molecular weight excluding hydrogens is 196 g/mol. The third kappa shape index (κ3) is 3.37. The highest BCUT2D eigenvalue weighted by Crippen LogP contribution is 2.18. The number of rotatable bonds is 5. The van der Waals surface area contributed by atoms with Crippen molar-refractivity contribution in [2.24, 2.45) is 0 Å². The first kappa shape index (κ1) is 12.8. The van der Waals surface area contributed by atoms with Crippen molar-refractivity contribution < 1.29 is 0 Å².